The first-order valence-corrected chi connectivity index (χ1v) is 1.69. The number of likely N-dealkylation sites (N-methyl/N-ethyl adjacent to an activating group) is 1. The molecule has 0 aliphatic rings. The molecule has 2 radical (unpaired) electrons. The molecule has 0 aromatic carbocycles. The molecule has 0 aromatic heterocycles. The minimum Gasteiger partial charge on any atom is -0.319 e. The summed E-state index contributed by atoms with van der Waals surface area (Å²) in [6.07, 6.45) is 0.639. The van der Waals surface area contributed by atoms with E-state index in [9.17, 15) is 4.79 Å². The van der Waals surface area contributed by atoms with Crippen molar-refractivity contribution < 1.29 is 4.79 Å². The Kier molecular flexibility index (Phi) is 2.76. The Labute approximate surface area is 38.3 Å². The summed E-state index contributed by atoms with van der Waals surface area (Å²) in [6.45, 7) is 0. The maximum absolute atomic E-state index is 9.55. The topological polar surface area (TPSA) is 29.1 Å². The van der Waals surface area contributed by atoms with E-state index in [4.69, 9.17) is 7.85 Å². The Hall–Kier alpha value is -0.305. The normalized spacial score (nSPS) is 13.5. The zero-order chi connectivity index (χ0) is 4.99. The Morgan fingerprint density at radius 1 is 2.00 bits per heavy atom. The fraction of sp³-hybridized carbons (Fsp3) is 0.667. The summed E-state index contributed by atoms with van der Waals surface area (Å²) in [5.41, 5.74) is 0. The van der Waals surface area contributed by atoms with Crippen LogP contribution in [0.5, 0.6) is 0 Å². The molecule has 0 rings (SSSR count). The van der Waals surface area contributed by atoms with Gasteiger partial charge in [-0.2, -0.15) is 0 Å². The summed E-state index contributed by atoms with van der Waals surface area (Å²) in [6, 6.07) is 0. The van der Waals surface area contributed by atoms with Crippen molar-refractivity contribution in [3.8, 4) is 0 Å². The highest BCUT2D eigenvalue weighted by molar-refractivity contribution is 6.19. The van der Waals surface area contributed by atoms with Crippen molar-refractivity contribution >= 4 is 14.1 Å². The zero-order valence-corrected chi connectivity index (χ0v) is 3.64. The van der Waals surface area contributed by atoms with Crippen molar-refractivity contribution in [2.75, 3.05) is 7.05 Å². The number of rotatable bonds is 2. The molecule has 0 aliphatic carbocycles. The number of aldehydes is 1. The Morgan fingerprint density at radius 3 is 2.50 bits per heavy atom. The van der Waals surface area contributed by atoms with E-state index in [0.717, 1.165) is 0 Å². The van der Waals surface area contributed by atoms with Crippen molar-refractivity contribution in [2.45, 2.75) is 5.94 Å². The molecule has 2 nitrogen and oxygen atoms in total. The van der Waals surface area contributed by atoms with Crippen molar-refractivity contribution in [2.24, 2.45) is 0 Å². The molecule has 1 unspecified atom stereocenters. The van der Waals surface area contributed by atoms with Gasteiger partial charge in [-0.15, -0.1) is 0 Å². The molecule has 3 heteroatoms. The summed E-state index contributed by atoms with van der Waals surface area (Å²) in [5, 5.41) is 2.52. The van der Waals surface area contributed by atoms with E-state index < -0.39 is 5.94 Å². The van der Waals surface area contributed by atoms with Crippen LogP contribution in [0.25, 0.3) is 0 Å². The average molecular weight is 82.9 g/mol. The van der Waals surface area contributed by atoms with Crippen LogP contribution in [0.3, 0.4) is 0 Å². The molecule has 0 amide bonds. The molecular weight excluding hydrogens is 76.9 g/mol. The molecule has 0 heterocycles. The van der Waals surface area contributed by atoms with E-state index in [1.54, 1.807) is 7.05 Å². The molecule has 0 saturated carbocycles. The van der Waals surface area contributed by atoms with Gasteiger partial charge in [0.1, 0.15) is 14.1 Å². The van der Waals surface area contributed by atoms with Crippen LogP contribution in [0.1, 0.15) is 0 Å². The first-order chi connectivity index (χ1) is 2.81. The second-order valence-electron chi connectivity index (χ2n) is 0.951. The lowest BCUT2D eigenvalue weighted by molar-refractivity contribution is -0.107. The van der Waals surface area contributed by atoms with Gasteiger partial charge in [0.2, 0.25) is 0 Å². The maximum atomic E-state index is 9.55. The molecule has 0 aliphatic heterocycles. The molecule has 0 aromatic rings. The van der Waals surface area contributed by atoms with Crippen LogP contribution in [-0.2, 0) is 4.79 Å². The number of hydrogen-bond donors (Lipinski definition) is 1. The molecule has 0 saturated heterocycles. The van der Waals surface area contributed by atoms with Crippen molar-refractivity contribution in [1.82, 2.24) is 5.32 Å². The van der Waals surface area contributed by atoms with Crippen LogP contribution in [-0.4, -0.2) is 27.1 Å². The summed E-state index contributed by atoms with van der Waals surface area (Å²) in [5.74, 6) is -0.495. The molecule has 6 heavy (non-hydrogen) atoms. The molecule has 0 bridgehead atoms. The summed E-state index contributed by atoms with van der Waals surface area (Å²) in [7, 11) is 6.62. The minimum absolute atomic E-state index is 0.495. The van der Waals surface area contributed by atoms with Crippen LogP contribution in [0, 0.1) is 0 Å². The van der Waals surface area contributed by atoms with Crippen molar-refractivity contribution in [3.63, 3.8) is 0 Å². The van der Waals surface area contributed by atoms with Crippen LogP contribution in [0.4, 0.5) is 0 Å². The Morgan fingerprint density at radius 2 is 2.50 bits per heavy atom. The number of nitrogens with one attached hydrogen (secondary N) is 1. The van der Waals surface area contributed by atoms with Gasteiger partial charge in [0.25, 0.3) is 0 Å². The SMILES string of the molecule is [B]C(C=O)NC. The van der Waals surface area contributed by atoms with Gasteiger partial charge in [-0.3, -0.25) is 0 Å². The summed E-state index contributed by atoms with van der Waals surface area (Å²) >= 11 is 0. The molecule has 0 spiro atoms. The van der Waals surface area contributed by atoms with Gasteiger partial charge in [0, 0.05) is 5.94 Å². The van der Waals surface area contributed by atoms with Gasteiger partial charge < -0.3 is 10.1 Å². The molecule has 1 N–H and O–H groups in total. The fourth-order valence-electron chi connectivity index (χ4n) is 0.0680. The third-order valence-corrected chi connectivity index (χ3v) is 0.480. The molecule has 0 fully saturated rings. The third-order valence-electron chi connectivity index (χ3n) is 0.480. The first kappa shape index (κ1) is 5.69. The van der Waals surface area contributed by atoms with E-state index in [-0.39, 0.29) is 0 Å². The molecular formula is C3H6BNO. The third kappa shape index (κ3) is 1.97. The zero-order valence-electron chi connectivity index (χ0n) is 3.64. The van der Waals surface area contributed by atoms with Crippen LogP contribution < -0.4 is 5.32 Å². The largest absolute Gasteiger partial charge is 0.319 e. The molecule has 1 atom stereocenters. The summed E-state index contributed by atoms with van der Waals surface area (Å²) < 4.78 is 0. The second kappa shape index (κ2) is 2.91. The van der Waals surface area contributed by atoms with Gasteiger partial charge in [0.15, 0.2) is 0 Å². The van der Waals surface area contributed by atoms with E-state index >= 15 is 0 Å². The van der Waals surface area contributed by atoms with E-state index in [0.29, 0.717) is 6.29 Å². The Bertz CT molecular complexity index is 48.1. The smallest absolute Gasteiger partial charge is 0.127 e. The highest BCUT2D eigenvalue weighted by Crippen LogP contribution is 1.56. The lowest BCUT2D eigenvalue weighted by Crippen LogP contribution is -2.26. The predicted molar refractivity (Wildman–Crippen MR) is 24.7 cm³/mol. The van der Waals surface area contributed by atoms with Gasteiger partial charge in [-0.25, -0.2) is 0 Å². The van der Waals surface area contributed by atoms with Gasteiger partial charge in [-0.1, -0.05) is 0 Å². The maximum Gasteiger partial charge on any atom is 0.127 e. The van der Waals surface area contributed by atoms with Gasteiger partial charge >= 0.3 is 0 Å². The van der Waals surface area contributed by atoms with Crippen LogP contribution >= 0.6 is 0 Å². The lowest BCUT2D eigenvalue weighted by atomic mass is 9.99. The van der Waals surface area contributed by atoms with Crippen molar-refractivity contribution in [1.29, 1.82) is 0 Å². The first-order valence-electron chi connectivity index (χ1n) is 1.69. The Balaban J connectivity index is 2.96. The van der Waals surface area contributed by atoms with Crippen molar-refractivity contribution in [3.05, 3.63) is 0 Å². The van der Waals surface area contributed by atoms with E-state index in [1.807, 2.05) is 0 Å². The monoisotopic (exact) mass is 83.1 g/mol. The molecule has 32 valence electrons. The summed E-state index contributed by atoms with van der Waals surface area (Å²) in [4.78, 5) is 9.55. The highest BCUT2D eigenvalue weighted by Gasteiger charge is 1.86. The quantitative estimate of drug-likeness (QED) is 0.339. The second-order valence-corrected chi connectivity index (χ2v) is 0.951. The standard InChI is InChI=1S/C3H6BNO/c1-5-3(4)2-6/h2-3,5H,1H3. The highest BCUT2D eigenvalue weighted by atomic mass is 16.1. The lowest BCUT2D eigenvalue weighted by Gasteiger charge is -1.94. The van der Waals surface area contributed by atoms with Crippen LogP contribution in [0.2, 0.25) is 0 Å². The van der Waals surface area contributed by atoms with Gasteiger partial charge in [-0.05, 0) is 7.05 Å². The van der Waals surface area contributed by atoms with Crippen LogP contribution in [0.15, 0.2) is 0 Å². The average Bonchev–Trinajstić information content (AvgIpc) is 1.65. The van der Waals surface area contributed by atoms with E-state index in [2.05, 4.69) is 5.32 Å². The van der Waals surface area contributed by atoms with Gasteiger partial charge in [0.05, 0.1) is 0 Å². The fourth-order valence-corrected chi connectivity index (χ4v) is 0.0680. The number of hydrogen-bond acceptors (Lipinski definition) is 2. The minimum atomic E-state index is -0.495. The number of carbonyl (C=O) groups excluding carboxylic acids is 1. The number of carbonyl (C=O) groups is 1. The van der Waals surface area contributed by atoms with E-state index in [1.165, 1.54) is 0 Å². The predicted octanol–water partition coefficient (Wildman–Crippen LogP) is -1.10.